The highest BCUT2D eigenvalue weighted by atomic mass is 32.2. The number of hydrogen-bond acceptors (Lipinski definition) is 4. The molecule has 6 nitrogen and oxygen atoms in total. The third-order valence-electron chi connectivity index (χ3n) is 6.05. The quantitative estimate of drug-likeness (QED) is 0.502. The molecule has 0 saturated heterocycles. The molecule has 34 heavy (non-hydrogen) atoms. The SMILES string of the molecule is CCOc1ccccc1N(Cc1ccc(C(=O)NC2CCCc3ccccc32)cc1)S(C)(=O)=O. The molecule has 1 atom stereocenters. The molecule has 7 heteroatoms. The number of amides is 1. The molecule has 0 heterocycles. The minimum Gasteiger partial charge on any atom is -0.492 e. The van der Waals surface area contributed by atoms with Gasteiger partial charge in [-0.25, -0.2) is 8.42 Å². The van der Waals surface area contributed by atoms with Crippen LogP contribution in [0.25, 0.3) is 0 Å². The van der Waals surface area contributed by atoms with Crippen molar-refractivity contribution >= 4 is 21.6 Å². The van der Waals surface area contributed by atoms with Crippen molar-refractivity contribution in [3.8, 4) is 5.75 Å². The van der Waals surface area contributed by atoms with Crippen molar-refractivity contribution in [3.63, 3.8) is 0 Å². The molecule has 4 rings (SSSR count). The molecule has 3 aromatic rings. The second-order valence-corrected chi connectivity index (χ2v) is 10.4. The maximum atomic E-state index is 12.9. The summed E-state index contributed by atoms with van der Waals surface area (Å²) in [6.07, 6.45) is 4.19. The van der Waals surface area contributed by atoms with Crippen molar-refractivity contribution in [1.29, 1.82) is 0 Å². The zero-order valence-electron chi connectivity index (χ0n) is 19.5. The first-order valence-corrected chi connectivity index (χ1v) is 13.4. The van der Waals surface area contributed by atoms with E-state index < -0.39 is 10.0 Å². The Morgan fingerprint density at radius 3 is 2.47 bits per heavy atom. The summed E-state index contributed by atoms with van der Waals surface area (Å²) in [5.41, 5.74) is 4.30. The maximum absolute atomic E-state index is 12.9. The number of rotatable bonds is 8. The Morgan fingerprint density at radius 1 is 1.03 bits per heavy atom. The van der Waals surface area contributed by atoms with Gasteiger partial charge in [-0.05, 0) is 67.1 Å². The van der Waals surface area contributed by atoms with Crippen molar-refractivity contribution in [1.82, 2.24) is 5.32 Å². The minimum absolute atomic E-state index is 0.00733. The minimum atomic E-state index is -3.56. The van der Waals surface area contributed by atoms with Crippen LogP contribution in [0.2, 0.25) is 0 Å². The van der Waals surface area contributed by atoms with E-state index in [9.17, 15) is 13.2 Å². The van der Waals surface area contributed by atoms with Crippen LogP contribution in [-0.2, 0) is 23.0 Å². The lowest BCUT2D eigenvalue weighted by atomic mass is 9.87. The summed E-state index contributed by atoms with van der Waals surface area (Å²) in [5.74, 6) is 0.383. The summed E-state index contributed by atoms with van der Waals surface area (Å²) < 4.78 is 32.2. The number of fused-ring (bicyclic) bond motifs is 1. The largest absolute Gasteiger partial charge is 0.492 e. The van der Waals surface area contributed by atoms with Gasteiger partial charge in [0.2, 0.25) is 10.0 Å². The van der Waals surface area contributed by atoms with Crippen LogP contribution in [0.3, 0.4) is 0 Å². The van der Waals surface area contributed by atoms with E-state index in [0.717, 1.165) is 24.8 Å². The summed E-state index contributed by atoms with van der Waals surface area (Å²) in [6, 6.07) is 22.4. The first-order valence-electron chi connectivity index (χ1n) is 11.5. The first-order chi connectivity index (χ1) is 16.4. The molecule has 178 valence electrons. The lowest BCUT2D eigenvalue weighted by Gasteiger charge is -2.26. The first kappa shape index (κ1) is 23.8. The fraction of sp³-hybridized carbons (Fsp3) is 0.296. The summed E-state index contributed by atoms with van der Waals surface area (Å²) in [6.45, 7) is 2.43. The third-order valence-corrected chi connectivity index (χ3v) is 7.18. The molecule has 0 fully saturated rings. The average Bonchev–Trinajstić information content (AvgIpc) is 2.83. The Morgan fingerprint density at radius 2 is 1.74 bits per heavy atom. The van der Waals surface area contributed by atoms with Gasteiger partial charge in [0.15, 0.2) is 0 Å². The number of benzene rings is 3. The van der Waals surface area contributed by atoms with Gasteiger partial charge in [0, 0.05) is 5.56 Å². The summed E-state index contributed by atoms with van der Waals surface area (Å²) in [4.78, 5) is 12.9. The maximum Gasteiger partial charge on any atom is 0.251 e. The smallest absolute Gasteiger partial charge is 0.251 e. The van der Waals surface area contributed by atoms with Gasteiger partial charge in [0.05, 0.1) is 31.1 Å². The van der Waals surface area contributed by atoms with Crippen LogP contribution < -0.4 is 14.4 Å². The Hall–Kier alpha value is -3.32. The lowest BCUT2D eigenvalue weighted by molar-refractivity contribution is 0.0932. The molecule has 0 spiro atoms. The summed E-state index contributed by atoms with van der Waals surface area (Å²) in [5, 5.41) is 3.16. The molecule has 3 aromatic carbocycles. The Labute approximate surface area is 201 Å². The zero-order chi connectivity index (χ0) is 24.1. The Bertz CT molecular complexity index is 1260. The molecule has 0 aromatic heterocycles. The van der Waals surface area contributed by atoms with E-state index in [0.29, 0.717) is 23.6 Å². The monoisotopic (exact) mass is 478 g/mol. The zero-order valence-corrected chi connectivity index (χ0v) is 20.3. The average molecular weight is 479 g/mol. The van der Waals surface area contributed by atoms with Crippen LogP contribution in [0.5, 0.6) is 5.75 Å². The normalized spacial score (nSPS) is 15.3. The van der Waals surface area contributed by atoms with Gasteiger partial charge < -0.3 is 10.1 Å². The van der Waals surface area contributed by atoms with Gasteiger partial charge >= 0.3 is 0 Å². The van der Waals surface area contributed by atoms with E-state index in [1.54, 1.807) is 42.5 Å². The third kappa shape index (κ3) is 5.42. The number of para-hydroxylation sites is 2. The highest BCUT2D eigenvalue weighted by Gasteiger charge is 2.23. The van der Waals surface area contributed by atoms with E-state index >= 15 is 0 Å². The highest BCUT2D eigenvalue weighted by Crippen LogP contribution is 2.32. The van der Waals surface area contributed by atoms with Crippen LogP contribution in [-0.4, -0.2) is 27.2 Å². The van der Waals surface area contributed by atoms with Gasteiger partial charge in [-0.15, -0.1) is 0 Å². The number of nitrogens with zero attached hydrogens (tertiary/aromatic N) is 1. The standard InChI is InChI=1S/C27H30N2O4S/c1-3-33-26-14-7-6-13-25(26)29(34(2,31)32)19-20-15-17-22(18-16-20)27(30)28-24-12-8-10-21-9-4-5-11-23(21)24/h4-7,9,11,13-18,24H,3,8,10,12,19H2,1-2H3,(H,28,30). The van der Waals surface area contributed by atoms with Crippen molar-refractivity contribution in [2.75, 3.05) is 17.2 Å². The number of aryl methyl sites for hydroxylation is 1. The fourth-order valence-electron chi connectivity index (χ4n) is 4.39. The number of nitrogens with one attached hydrogen (secondary N) is 1. The van der Waals surface area contributed by atoms with E-state index in [-0.39, 0.29) is 18.5 Å². The number of carbonyl (C=O) groups is 1. The molecule has 0 saturated carbocycles. The van der Waals surface area contributed by atoms with E-state index in [1.165, 1.54) is 21.7 Å². The number of anilines is 1. The van der Waals surface area contributed by atoms with E-state index in [4.69, 9.17) is 4.74 Å². The highest BCUT2D eigenvalue weighted by molar-refractivity contribution is 7.92. The number of ether oxygens (including phenoxy) is 1. The predicted octanol–water partition coefficient (Wildman–Crippen LogP) is 4.86. The van der Waals surface area contributed by atoms with Gasteiger partial charge in [0.1, 0.15) is 5.75 Å². The molecular weight excluding hydrogens is 448 g/mol. The second-order valence-electron chi connectivity index (χ2n) is 8.48. The van der Waals surface area contributed by atoms with Gasteiger partial charge in [0.25, 0.3) is 5.91 Å². The fourth-order valence-corrected chi connectivity index (χ4v) is 5.29. The number of carbonyl (C=O) groups excluding carboxylic acids is 1. The molecular formula is C27H30N2O4S. The van der Waals surface area contributed by atoms with Crippen molar-refractivity contribution in [3.05, 3.63) is 95.1 Å². The number of sulfonamides is 1. The molecule has 0 aliphatic heterocycles. The molecule has 1 aliphatic carbocycles. The van der Waals surface area contributed by atoms with Crippen LogP contribution in [0.4, 0.5) is 5.69 Å². The number of hydrogen-bond donors (Lipinski definition) is 1. The topological polar surface area (TPSA) is 75.7 Å². The molecule has 1 N–H and O–H groups in total. The molecule has 1 amide bonds. The molecule has 1 unspecified atom stereocenters. The van der Waals surface area contributed by atoms with Crippen LogP contribution in [0, 0.1) is 0 Å². The van der Waals surface area contributed by atoms with Crippen LogP contribution in [0.15, 0.2) is 72.8 Å². The molecule has 0 radical (unpaired) electrons. The predicted molar refractivity (Wildman–Crippen MR) is 135 cm³/mol. The second kappa shape index (κ2) is 10.3. The van der Waals surface area contributed by atoms with Gasteiger partial charge in [-0.3, -0.25) is 9.10 Å². The molecule has 0 bridgehead atoms. The van der Waals surface area contributed by atoms with Gasteiger partial charge in [-0.1, -0.05) is 48.5 Å². The Balaban J connectivity index is 1.50. The lowest BCUT2D eigenvalue weighted by Crippen LogP contribution is -2.31. The van der Waals surface area contributed by atoms with Crippen LogP contribution in [0.1, 0.15) is 52.9 Å². The van der Waals surface area contributed by atoms with Gasteiger partial charge in [-0.2, -0.15) is 0 Å². The van der Waals surface area contributed by atoms with Crippen molar-refractivity contribution in [2.24, 2.45) is 0 Å². The van der Waals surface area contributed by atoms with Crippen molar-refractivity contribution < 1.29 is 17.9 Å². The summed E-state index contributed by atoms with van der Waals surface area (Å²) >= 11 is 0. The van der Waals surface area contributed by atoms with Crippen molar-refractivity contribution in [2.45, 2.75) is 38.8 Å². The van der Waals surface area contributed by atoms with E-state index in [1.807, 2.05) is 25.1 Å². The molecule has 1 aliphatic rings. The van der Waals surface area contributed by atoms with E-state index in [2.05, 4.69) is 17.4 Å². The Kier molecular flexibility index (Phi) is 7.22. The van der Waals surface area contributed by atoms with Crippen LogP contribution >= 0.6 is 0 Å². The summed E-state index contributed by atoms with van der Waals surface area (Å²) in [7, 11) is -3.56.